The van der Waals surface area contributed by atoms with Crippen LogP contribution in [0.15, 0.2) is 104 Å². The summed E-state index contributed by atoms with van der Waals surface area (Å²) in [5.74, 6) is 2.10. The summed E-state index contributed by atoms with van der Waals surface area (Å²) >= 11 is 6.58. The Bertz CT molecular complexity index is 1730. The second-order valence-electron chi connectivity index (χ2n) is 8.40. The van der Waals surface area contributed by atoms with Gasteiger partial charge in [0, 0.05) is 51.0 Å². The number of aliphatic hydroxyl groups excluding tert-OH is 2. The first-order valence-corrected chi connectivity index (χ1v) is 17.2. The minimum atomic E-state index is -3.22. The van der Waals surface area contributed by atoms with Crippen LogP contribution in [-0.2, 0) is 26.3 Å². The van der Waals surface area contributed by atoms with E-state index in [-0.39, 0.29) is 71.6 Å². The van der Waals surface area contributed by atoms with Crippen molar-refractivity contribution in [1.29, 1.82) is 0 Å². The van der Waals surface area contributed by atoms with Crippen LogP contribution >= 0.6 is 31.9 Å². The molecule has 0 fully saturated rings. The number of carbonyl (C=O) groups is 1. The van der Waals surface area contributed by atoms with Gasteiger partial charge in [-0.05, 0) is 90.5 Å². The Balaban J connectivity index is -0.000000339. The normalized spacial score (nSPS) is 9.89. The molecule has 0 saturated heterocycles. The Morgan fingerprint density at radius 3 is 1.37 bits per heavy atom. The fourth-order valence-corrected chi connectivity index (χ4v) is 5.17. The standard InChI is InChI=1S/C14H13BrO4S.C14H11BrO4S.CH4O.CH4.2B.Na.H/c2*1-20(17,18)13-5-2-11(3-6-13)19-12-4-7-14(15)10(8-12)9-16;1-2;;;;;/h2-8,16H,9H2,1H3;2-9H,1H3;2H,1H3;1H4;;;;/q;;;;;;+1;-1. The fourth-order valence-electron chi connectivity index (χ4n) is 3.19. The third-order valence-corrected chi connectivity index (χ3v) is 9.01. The minimum Gasteiger partial charge on any atom is -1.00 e. The van der Waals surface area contributed by atoms with Crippen LogP contribution < -0.4 is 39.0 Å². The van der Waals surface area contributed by atoms with Gasteiger partial charge in [0.25, 0.3) is 0 Å². The van der Waals surface area contributed by atoms with E-state index in [9.17, 15) is 26.7 Å². The van der Waals surface area contributed by atoms with Crippen molar-refractivity contribution in [3.05, 3.63) is 105 Å². The first-order valence-electron chi connectivity index (χ1n) is 11.8. The summed E-state index contributed by atoms with van der Waals surface area (Å²) < 4.78 is 58.1. The molecular formula is C30H33B2Br2NaO9S2. The number of carbonyl (C=O) groups excluding carboxylic acids is 1. The summed E-state index contributed by atoms with van der Waals surface area (Å²) in [6.45, 7) is -0.0925. The number of rotatable bonds is 8. The summed E-state index contributed by atoms with van der Waals surface area (Å²) in [5.41, 5.74) is 1.20. The van der Waals surface area contributed by atoms with E-state index in [2.05, 4.69) is 31.9 Å². The maximum absolute atomic E-state index is 11.3. The van der Waals surface area contributed by atoms with Gasteiger partial charge < -0.3 is 21.1 Å². The van der Waals surface area contributed by atoms with Crippen LogP contribution in [0.5, 0.6) is 23.0 Å². The van der Waals surface area contributed by atoms with Crippen molar-refractivity contribution >= 4 is 74.6 Å². The first kappa shape index (κ1) is 48.5. The van der Waals surface area contributed by atoms with Crippen LogP contribution in [-0.4, -0.2) is 69.8 Å². The molecule has 0 saturated carbocycles. The van der Waals surface area contributed by atoms with Crippen molar-refractivity contribution < 1.29 is 72.3 Å². The smallest absolute Gasteiger partial charge is 1.00 e. The van der Waals surface area contributed by atoms with Crippen molar-refractivity contribution in [2.75, 3.05) is 19.6 Å². The van der Waals surface area contributed by atoms with E-state index in [0.29, 0.717) is 33.0 Å². The summed E-state index contributed by atoms with van der Waals surface area (Å²) in [4.78, 5) is 11.3. The minimum absolute atomic E-state index is 0. The van der Waals surface area contributed by atoms with E-state index in [4.69, 9.17) is 14.6 Å². The molecule has 0 aliphatic heterocycles. The molecule has 0 unspecified atom stereocenters. The fraction of sp³-hybridized carbons (Fsp3) is 0.167. The Morgan fingerprint density at radius 2 is 1.02 bits per heavy atom. The topological polar surface area (TPSA) is 144 Å². The Kier molecular flexibility index (Phi) is 23.8. The van der Waals surface area contributed by atoms with Gasteiger partial charge in [-0.2, -0.15) is 0 Å². The van der Waals surface area contributed by atoms with Crippen LogP contribution in [0, 0.1) is 0 Å². The van der Waals surface area contributed by atoms with Crippen LogP contribution in [0.3, 0.4) is 0 Å². The Morgan fingerprint density at radius 1 is 0.674 bits per heavy atom. The molecule has 0 bridgehead atoms. The van der Waals surface area contributed by atoms with Crippen LogP contribution in [0.2, 0.25) is 0 Å². The predicted molar refractivity (Wildman–Crippen MR) is 186 cm³/mol. The number of aldehydes is 1. The molecule has 6 radical (unpaired) electrons. The Hall–Kier alpha value is -1.94. The molecule has 0 aromatic heterocycles. The van der Waals surface area contributed by atoms with Crippen molar-refractivity contribution in [2.45, 2.75) is 23.8 Å². The molecule has 0 spiro atoms. The summed E-state index contributed by atoms with van der Waals surface area (Å²) in [6, 6.07) is 22.6. The van der Waals surface area contributed by atoms with Crippen LogP contribution in [0.25, 0.3) is 0 Å². The molecule has 240 valence electrons. The van der Waals surface area contributed by atoms with Crippen molar-refractivity contribution in [2.24, 2.45) is 0 Å². The molecule has 0 atom stereocenters. The number of halogens is 2. The molecule has 9 nitrogen and oxygen atoms in total. The van der Waals surface area contributed by atoms with E-state index in [1.165, 1.54) is 24.3 Å². The SMILES string of the molecule is C.CO.CS(=O)(=O)c1ccc(Oc2ccc(Br)c(C=O)c2)cc1.CS(=O)(=O)c1ccc(Oc2ccc(Br)c(CO)c2)cc1.[B].[B].[H-].[Na+]. The van der Waals surface area contributed by atoms with Gasteiger partial charge in [0.2, 0.25) is 0 Å². The number of sulfone groups is 2. The van der Waals surface area contributed by atoms with E-state index < -0.39 is 19.7 Å². The second kappa shape index (κ2) is 22.6. The zero-order chi connectivity index (χ0) is 31.5. The largest absolute Gasteiger partial charge is 1.00 e. The number of hydrogen-bond donors (Lipinski definition) is 2. The van der Waals surface area contributed by atoms with E-state index in [1.54, 1.807) is 60.7 Å². The van der Waals surface area contributed by atoms with Crippen molar-refractivity contribution in [3.63, 3.8) is 0 Å². The monoisotopic (exact) mass is 804 g/mol. The van der Waals surface area contributed by atoms with Gasteiger partial charge in [0.15, 0.2) is 26.0 Å². The quantitative estimate of drug-likeness (QED) is 0.203. The second-order valence-corrected chi connectivity index (χ2v) is 14.1. The Labute approximate surface area is 315 Å². The maximum Gasteiger partial charge on any atom is 1.00 e. The molecule has 0 aliphatic carbocycles. The molecule has 46 heavy (non-hydrogen) atoms. The summed E-state index contributed by atoms with van der Waals surface area (Å²) in [5, 5.41) is 16.2. The molecule has 4 aromatic rings. The number of aliphatic hydroxyl groups is 2. The van der Waals surface area contributed by atoms with Gasteiger partial charge in [0.1, 0.15) is 23.0 Å². The van der Waals surface area contributed by atoms with Gasteiger partial charge in [-0.15, -0.1) is 0 Å². The zero-order valence-corrected chi connectivity index (χ0v) is 31.7. The third kappa shape index (κ3) is 15.3. The summed E-state index contributed by atoms with van der Waals surface area (Å²) in [7, 11) is -5.42. The molecule has 4 aromatic carbocycles. The average Bonchev–Trinajstić information content (AvgIpc) is 2.96. The van der Waals surface area contributed by atoms with Gasteiger partial charge in [-0.3, -0.25) is 4.79 Å². The van der Waals surface area contributed by atoms with Crippen LogP contribution in [0.1, 0.15) is 24.8 Å². The molecule has 0 aliphatic rings. The van der Waals surface area contributed by atoms with E-state index >= 15 is 0 Å². The van der Waals surface area contributed by atoms with Crippen molar-refractivity contribution in [3.8, 4) is 23.0 Å². The summed E-state index contributed by atoms with van der Waals surface area (Å²) in [6.07, 6.45) is 3.03. The van der Waals surface area contributed by atoms with Crippen molar-refractivity contribution in [1.82, 2.24) is 0 Å². The maximum atomic E-state index is 11.3. The predicted octanol–water partition coefficient (Wildman–Crippen LogP) is 3.19. The van der Waals surface area contributed by atoms with Gasteiger partial charge in [-0.1, -0.05) is 39.3 Å². The number of hydrogen-bond acceptors (Lipinski definition) is 9. The molecular weight excluding hydrogens is 773 g/mol. The molecule has 0 heterocycles. The van der Waals surface area contributed by atoms with Gasteiger partial charge >= 0.3 is 29.6 Å². The van der Waals surface area contributed by atoms with Gasteiger partial charge in [-0.25, -0.2) is 16.8 Å². The average molecular weight is 806 g/mol. The van der Waals surface area contributed by atoms with E-state index in [0.717, 1.165) is 35.9 Å². The zero-order valence-electron chi connectivity index (χ0n) is 25.8. The van der Waals surface area contributed by atoms with E-state index in [1.807, 2.05) is 0 Å². The molecule has 4 rings (SSSR count). The number of benzene rings is 4. The van der Waals surface area contributed by atoms with Crippen LogP contribution in [0.4, 0.5) is 0 Å². The molecule has 0 amide bonds. The molecule has 16 heteroatoms. The van der Waals surface area contributed by atoms with Gasteiger partial charge in [0.05, 0.1) is 16.4 Å². The first-order chi connectivity index (χ1) is 19.8. The molecule has 2 N–H and O–H groups in total. The number of ether oxygens (including phenoxy) is 2. The third-order valence-electron chi connectivity index (χ3n) is 5.26.